The van der Waals surface area contributed by atoms with Crippen LogP contribution in [-0.2, 0) is 6.18 Å². The number of pyridine rings is 1. The van der Waals surface area contributed by atoms with Gasteiger partial charge in [-0.2, -0.15) is 13.2 Å². The highest BCUT2D eigenvalue weighted by molar-refractivity contribution is 6.31. The number of aromatic amines is 1. The van der Waals surface area contributed by atoms with E-state index in [9.17, 15) is 18.0 Å². The Bertz CT molecular complexity index is 648. The number of hydrogen-bond acceptors (Lipinski definition) is 2. The Balaban J connectivity index is 2.93. The van der Waals surface area contributed by atoms with Gasteiger partial charge in [-0.05, 0) is 18.2 Å². The molecule has 0 unspecified atom stereocenters. The SMILES string of the molecule is O=c1[nH]c2c(C(F)(F)F)cc(Cl)cc2cc1O. The van der Waals surface area contributed by atoms with Crippen molar-refractivity contribution in [3.63, 3.8) is 0 Å². The van der Waals surface area contributed by atoms with E-state index < -0.39 is 28.6 Å². The average molecular weight is 264 g/mol. The number of aromatic hydroxyl groups is 1. The molecule has 0 aliphatic heterocycles. The first-order valence-corrected chi connectivity index (χ1v) is 4.79. The van der Waals surface area contributed by atoms with Crippen LogP contribution in [0.1, 0.15) is 5.56 Å². The van der Waals surface area contributed by atoms with Gasteiger partial charge in [-0.25, -0.2) is 0 Å². The Morgan fingerprint density at radius 1 is 1.24 bits per heavy atom. The van der Waals surface area contributed by atoms with Gasteiger partial charge in [0.25, 0.3) is 5.56 Å². The molecule has 0 saturated carbocycles. The molecule has 1 aromatic heterocycles. The van der Waals surface area contributed by atoms with Crippen LogP contribution in [0.5, 0.6) is 5.75 Å². The number of nitrogens with one attached hydrogen (secondary N) is 1. The zero-order valence-corrected chi connectivity index (χ0v) is 8.86. The quantitative estimate of drug-likeness (QED) is 0.768. The van der Waals surface area contributed by atoms with Crippen molar-refractivity contribution in [2.24, 2.45) is 0 Å². The van der Waals surface area contributed by atoms with E-state index in [-0.39, 0.29) is 10.4 Å². The van der Waals surface area contributed by atoms with Gasteiger partial charge in [0, 0.05) is 10.4 Å². The summed E-state index contributed by atoms with van der Waals surface area (Å²) in [5.74, 6) is -0.659. The number of H-pyrrole nitrogens is 1. The summed E-state index contributed by atoms with van der Waals surface area (Å²) in [6, 6.07) is 2.88. The predicted octanol–water partition coefficient (Wildman–Crippen LogP) is 2.91. The minimum absolute atomic E-state index is 0.0157. The number of hydrogen-bond donors (Lipinski definition) is 2. The van der Waals surface area contributed by atoms with Crippen molar-refractivity contribution in [3.8, 4) is 5.75 Å². The van der Waals surface area contributed by atoms with Crippen LogP contribution in [0.25, 0.3) is 10.9 Å². The van der Waals surface area contributed by atoms with Crippen molar-refractivity contribution in [3.05, 3.63) is 39.1 Å². The third kappa shape index (κ3) is 2.08. The van der Waals surface area contributed by atoms with E-state index in [2.05, 4.69) is 0 Å². The lowest BCUT2D eigenvalue weighted by Crippen LogP contribution is -2.11. The van der Waals surface area contributed by atoms with E-state index in [4.69, 9.17) is 16.7 Å². The second-order valence-corrected chi connectivity index (χ2v) is 3.84. The van der Waals surface area contributed by atoms with Crippen LogP contribution >= 0.6 is 11.6 Å². The van der Waals surface area contributed by atoms with Crippen LogP contribution in [0.4, 0.5) is 13.2 Å². The van der Waals surface area contributed by atoms with Crippen LogP contribution in [0.2, 0.25) is 5.02 Å². The van der Waals surface area contributed by atoms with Crippen LogP contribution in [0, 0.1) is 0 Å². The van der Waals surface area contributed by atoms with Crippen molar-refractivity contribution in [1.29, 1.82) is 0 Å². The molecule has 2 N–H and O–H groups in total. The first kappa shape index (κ1) is 11.8. The lowest BCUT2D eigenvalue weighted by atomic mass is 10.1. The molecule has 1 aromatic carbocycles. The predicted molar refractivity (Wildman–Crippen MR) is 56.2 cm³/mol. The van der Waals surface area contributed by atoms with Crippen molar-refractivity contribution >= 4 is 22.5 Å². The third-order valence-corrected chi connectivity index (χ3v) is 2.42. The molecule has 0 amide bonds. The summed E-state index contributed by atoms with van der Waals surface area (Å²) in [5.41, 5.74) is -2.42. The van der Waals surface area contributed by atoms with E-state index in [0.29, 0.717) is 0 Å². The Hall–Kier alpha value is -1.69. The summed E-state index contributed by atoms with van der Waals surface area (Å²) < 4.78 is 38.1. The molecule has 0 bridgehead atoms. The molecule has 0 atom stereocenters. The Kier molecular flexibility index (Phi) is 2.54. The van der Waals surface area contributed by atoms with Gasteiger partial charge in [0.2, 0.25) is 0 Å². The maximum atomic E-state index is 12.7. The highest BCUT2D eigenvalue weighted by Crippen LogP contribution is 2.36. The number of fused-ring (bicyclic) bond motifs is 1. The van der Waals surface area contributed by atoms with Crippen molar-refractivity contribution in [2.75, 3.05) is 0 Å². The van der Waals surface area contributed by atoms with Crippen LogP contribution in [0.3, 0.4) is 0 Å². The summed E-state index contributed by atoms with van der Waals surface area (Å²) in [4.78, 5) is 13.1. The van der Waals surface area contributed by atoms with Crippen LogP contribution in [-0.4, -0.2) is 10.1 Å². The highest BCUT2D eigenvalue weighted by Gasteiger charge is 2.33. The molecule has 3 nitrogen and oxygen atoms in total. The number of halogens is 4. The van der Waals surface area contributed by atoms with Gasteiger partial charge in [-0.1, -0.05) is 11.6 Å². The maximum Gasteiger partial charge on any atom is 0.418 e. The lowest BCUT2D eigenvalue weighted by molar-refractivity contribution is -0.136. The number of benzene rings is 1. The standard InChI is InChI=1S/C10H5ClF3NO2/c11-5-1-4-2-7(16)9(17)15-8(4)6(3-5)10(12,13)14/h1-3,16H,(H,15,17). The molecule has 2 rings (SSSR count). The lowest BCUT2D eigenvalue weighted by Gasteiger charge is -2.10. The summed E-state index contributed by atoms with van der Waals surface area (Å²) in [5, 5.41) is 9.02. The number of alkyl halides is 3. The normalized spacial score (nSPS) is 12.0. The molecule has 90 valence electrons. The molecule has 0 fully saturated rings. The second kappa shape index (κ2) is 3.66. The van der Waals surface area contributed by atoms with Crippen molar-refractivity contribution < 1.29 is 18.3 Å². The number of rotatable bonds is 0. The van der Waals surface area contributed by atoms with Gasteiger partial charge >= 0.3 is 6.18 Å². The fourth-order valence-corrected chi connectivity index (χ4v) is 1.72. The van der Waals surface area contributed by atoms with E-state index in [0.717, 1.165) is 12.1 Å². The molecule has 1 heterocycles. The van der Waals surface area contributed by atoms with Gasteiger partial charge in [0.05, 0.1) is 11.1 Å². The van der Waals surface area contributed by atoms with Gasteiger partial charge < -0.3 is 10.1 Å². The fourth-order valence-electron chi connectivity index (χ4n) is 1.50. The zero-order valence-electron chi connectivity index (χ0n) is 8.10. The largest absolute Gasteiger partial charge is 0.503 e. The molecule has 0 aliphatic rings. The first-order valence-electron chi connectivity index (χ1n) is 4.42. The molecular formula is C10H5ClF3NO2. The van der Waals surface area contributed by atoms with Gasteiger partial charge in [-0.3, -0.25) is 4.79 Å². The van der Waals surface area contributed by atoms with Gasteiger partial charge in [0.15, 0.2) is 5.75 Å². The Morgan fingerprint density at radius 2 is 1.88 bits per heavy atom. The second-order valence-electron chi connectivity index (χ2n) is 3.40. The molecule has 0 aliphatic carbocycles. The monoisotopic (exact) mass is 263 g/mol. The fraction of sp³-hybridized carbons (Fsp3) is 0.100. The Labute approximate surface area is 97.5 Å². The molecule has 2 aromatic rings. The van der Waals surface area contributed by atoms with E-state index in [1.54, 1.807) is 0 Å². The van der Waals surface area contributed by atoms with E-state index in [1.165, 1.54) is 6.07 Å². The summed E-state index contributed by atoms with van der Waals surface area (Å²) >= 11 is 5.55. The van der Waals surface area contributed by atoms with E-state index >= 15 is 0 Å². The summed E-state index contributed by atoms with van der Waals surface area (Å²) in [6.07, 6.45) is -4.64. The number of aromatic nitrogens is 1. The third-order valence-electron chi connectivity index (χ3n) is 2.20. The summed E-state index contributed by atoms with van der Waals surface area (Å²) in [6.45, 7) is 0. The van der Waals surface area contributed by atoms with Crippen LogP contribution < -0.4 is 5.56 Å². The van der Waals surface area contributed by atoms with Crippen molar-refractivity contribution in [2.45, 2.75) is 6.18 Å². The topological polar surface area (TPSA) is 53.1 Å². The molecule has 0 saturated heterocycles. The molecule has 17 heavy (non-hydrogen) atoms. The maximum absolute atomic E-state index is 12.7. The zero-order chi connectivity index (χ0) is 12.8. The minimum atomic E-state index is -4.64. The molecule has 0 spiro atoms. The average Bonchev–Trinajstić information content (AvgIpc) is 2.18. The minimum Gasteiger partial charge on any atom is -0.503 e. The van der Waals surface area contributed by atoms with Gasteiger partial charge in [-0.15, -0.1) is 0 Å². The molecule has 0 radical (unpaired) electrons. The molecule has 7 heteroatoms. The highest BCUT2D eigenvalue weighted by atomic mass is 35.5. The summed E-state index contributed by atoms with van der Waals surface area (Å²) in [7, 11) is 0. The van der Waals surface area contributed by atoms with Crippen molar-refractivity contribution in [1.82, 2.24) is 4.98 Å². The Morgan fingerprint density at radius 3 is 2.47 bits per heavy atom. The first-order chi connectivity index (χ1) is 7.79. The van der Waals surface area contributed by atoms with Crippen LogP contribution in [0.15, 0.2) is 23.0 Å². The van der Waals surface area contributed by atoms with Gasteiger partial charge in [0.1, 0.15) is 0 Å². The smallest absolute Gasteiger partial charge is 0.418 e. The van der Waals surface area contributed by atoms with E-state index in [1.807, 2.05) is 4.98 Å². The molecular weight excluding hydrogens is 259 g/mol.